The molecule has 0 saturated carbocycles. The summed E-state index contributed by atoms with van der Waals surface area (Å²) in [5.41, 5.74) is 2.87. The molecule has 0 bridgehead atoms. The summed E-state index contributed by atoms with van der Waals surface area (Å²) in [4.78, 5) is 22.2. The van der Waals surface area contributed by atoms with Gasteiger partial charge in [-0.25, -0.2) is 9.97 Å². The largest absolute Gasteiger partial charge is 0.598 e. The number of rotatable bonds is 4. The van der Waals surface area contributed by atoms with Crippen LogP contribution in [-0.2, 0) is 18.4 Å². The highest BCUT2D eigenvalue weighted by Crippen LogP contribution is 2.28. The molecule has 1 N–H and O–H groups in total. The summed E-state index contributed by atoms with van der Waals surface area (Å²) in [6.45, 7) is 13.2. The van der Waals surface area contributed by atoms with Crippen molar-refractivity contribution in [3.05, 3.63) is 45.2 Å². The summed E-state index contributed by atoms with van der Waals surface area (Å²) in [5, 5.41) is 0.523. The number of oxazole rings is 1. The van der Waals surface area contributed by atoms with E-state index in [0.29, 0.717) is 34.1 Å². The Balaban J connectivity index is 2.23. The maximum atomic E-state index is 13.1. The molecular weight excluding hydrogens is 388 g/mol. The van der Waals surface area contributed by atoms with Gasteiger partial charge in [0.1, 0.15) is 4.75 Å². The van der Waals surface area contributed by atoms with Crippen LogP contribution in [0.5, 0.6) is 0 Å². The Kier molecular flexibility index (Phi) is 5.64. The lowest BCUT2D eigenvalue weighted by molar-refractivity contribution is 0.526. The fourth-order valence-corrected chi connectivity index (χ4v) is 4.03. The molecule has 0 fully saturated rings. The third-order valence-corrected chi connectivity index (χ3v) is 6.45. The molecule has 0 spiro atoms. The molecule has 0 aliphatic heterocycles. The lowest BCUT2D eigenvalue weighted by Gasteiger charge is -2.27. The molecule has 3 rings (SSSR count). The minimum Gasteiger partial charge on any atom is -0.598 e. The van der Waals surface area contributed by atoms with E-state index in [1.807, 2.05) is 53.7 Å². The first kappa shape index (κ1) is 21.5. The average Bonchev–Trinajstić information content (AvgIpc) is 2.95. The number of nitrogens with one attached hydrogen (secondary N) is 1. The van der Waals surface area contributed by atoms with E-state index in [0.717, 1.165) is 11.1 Å². The van der Waals surface area contributed by atoms with Crippen molar-refractivity contribution < 1.29 is 8.97 Å². The zero-order valence-corrected chi connectivity index (χ0v) is 19.0. The molecule has 29 heavy (non-hydrogen) atoms. The number of nitrogens with zero attached hydrogens (tertiary/aromatic N) is 3. The molecule has 0 aliphatic carbocycles. The van der Waals surface area contributed by atoms with Crippen LogP contribution in [0.4, 0.5) is 0 Å². The lowest BCUT2D eigenvalue weighted by Crippen LogP contribution is -2.40. The van der Waals surface area contributed by atoms with Gasteiger partial charge in [-0.1, -0.05) is 6.07 Å². The fourth-order valence-electron chi connectivity index (χ4n) is 3.23. The Hall–Kier alpha value is -2.16. The van der Waals surface area contributed by atoms with E-state index in [1.165, 1.54) is 4.57 Å². The standard InChI is InChI=1S/C21H28N4O3S/c1-11-9-15(12(2)24-29(27)21(5,6)7)17-16(10-11)20(26)25(8)19(23-17)18-13(3)22-14(4)28-18/h9-10,12,24H,1-8H3/t12?,29-/m1/s1. The van der Waals surface area contributed by atoms with Crippen LogP contribution in [-0.4, -0.2) is 23.8 Å². The van der Waals surface area contributed by atoms with Gasteiger partial charge in [-0.15, -0.1) is 4.72 Å². The second kappa shape index (κ2) is 7.59. The van der Waals surface area contributed by atoms with Crippen molar-refractivity contribution in [3.8, 4) is 11.6 Å². The molecule has 3 aromatic rings. The summed E-state index contributed by atoms with van der Waals surface area (Å²) < 4.78 is 22.6. The molecule has 7 nitrogen and oxygen atoms in total. The van der Waals surface area contributed by atoms with E-state index in [2.05, 4.69) is 9.71 Å². The van der Waals surface area contributed by atoms with Crippen LogP contribution in [0.2, 0.25) is 0 Å². The Morgan fingerprint density at radius 1 is 1.21 bits per heavy atom. The number of aryl methyl sites for hydroxylation is 3. The van der Waals surface area contributed by atoms with E-state index in [-0.39, 0.29) is 11.6 Å². The smallest absolute Gasteiger partial charge is 0.261 e. The summed E-state index contributed by atoms with van der Waals surface area (Å²) in [5.74, 6) is 1.43. The molecule has 2 heterocycles. The van der Waals surface area contributed by atoms with E-state index in [1.54, 1.807) is 14.0 Å². The third kappa shape index (κ3) is 4.10. The Labute approximate surface area is 173 Å². The molecule has 0 radical (unpaired) electrons. The molecule has 8 heteroatoms. The summed E-state index contributed by atoms with van der Waals surface area (Å²) in [7, 11) is 1.68. The highest BCUT2D eigenvalue weighted by Gasteiger charge is 2.29. The molecular formula is C21H28N4O3S. The highest BCUT2D eigenvalue weighted by molar-refractivity contribution is 7.90. The molecule has 1 unspecified atom stereocenters. The Morgan fingerprint density at radius 2 is 1.86 bits per heavy atom. The normalized spacial score (nSPS) is 14.4. The molecule has 0 saturated heterocycles. The molecule has 0 aliphatic rings. The van der Waals surface area contributed by atoms with Crippen LogP contribution >= 0.6 is 0 Å². The minimum atomic E-state index is -1.26. The lowest BCUT2D eigenvalue weighted by atomic mass is 10.0. The van der Waals surface area contributed by atoms with Gasteiger partial charge in [0.15, 0.2) is 17.5 Å². The van der Waals surface area contributed by atoms with Crippen LogP contribution in [0.15, 0.2) is 21.3 Å². The molecule has 0 amide bonds. The van der Waals surface area contributed by atoms with E-state index >= 15 is 0 Å². The second-order valence-corrected chi connectivity index (χ2v) is 10.4. The van der Waals surface area contributed by atoms with E-state index < -0.39 is 16.1 Å². The van der Waals surface area contributed by atoms with Gasteiger partial charge in [-0.3, -0.25) is 9.36 Å². The van der Waals surface area contributed by atoms with Crippen molar-refractivity contribution in [2.24, 2.45) is 7.05 Å². The van der Waals surface area contributed by atoms with Gasteiger partial charge in [0.05, 0.1) is 22.6 Å². The molecule has 1 aromatic carbocycles. The Morgan fingerprint density at radius 3 is 2.41 bits per heavy atom. The van der Waals surface area contributed by atoms with E-state index in [4.69, 9.17) is 9.40 Å². The third-order valence-electron chi connectivity index (χ3n) is 4.77. The maximum Gasteiger partial charge on any atom is 0.261 e. The van der Waals surface area contributed by atoms with Gasteiger partial charge in [0, 0.05) is 30.9 Å². The minimum absolute atomic E-state index is 0.160. The zero-order chi connectivity index (χ0) is 21.7. The summed E-state index contributed by atoms with van der Waals surface area (Å²) in [6, 6.07) is 3.56. The van der Waals surface area contributed by atoms with Gasteiger partial charge in [-0.05, 0) is 53.2 Å². The van der Waals surface area contributed by atoms with E-state index in [9.17, 15) is 9.35 Å². The van der Waals surface area contributed by atoms with Crippen molar-refractivity contribution in [2.75, 3.05) is 0 Å². The first-order chi connectivity index (χ1) is 13.4. The van der Waals surface area contributed by atoms with Crippen LogP contribution < -0.4 is 10.3 Å². The second-order valence-electron chi connectivity index (χ2n) is 8.42. The number of benzene rings is 1. The van der Waals surface area contributed by atoms with Crippen LogP contribution in [0.3, 0.4) is 0 Å². The molecule has 2 aromatic heterocycles. The predicted molar refractivity (Wildman–Crippen MR) is 116 cm³/mol. The summed E-state index contributed by atoms with van der Waals surface area (Å²) in [6.07, 6.45) is 0. The number of fused-ring (bicyclic) bond motifs is 1. The van der Waals surface area contributed by atoms with Crippen LogP contribution in [0, 0.1) is 20.8 Å². The van der Waals surface area contributed by atoms with Gasteiger partial charge < -0.3 is 8.97 Å². The maximum absolute atomic E-state index is 13.1. The average molecular weight is 417 g/mol. The van der Waals surface area contributed by atoms with Crippen LogP contribution in [0.25, 0.3) is 22.5 Å². The monoisotopic (exact) mass is 416 g/mol. The first-order valence-corrected chi connectivity index (χ1v) is 10.7. The summed E-state index contributed by atoms with van der Waals surface area (Å²) >= 11 is -1.26. The van der Waals surface area contributed by atoms with Crippen molar-refractivity contribution in [2.45, 2.75) is 59.3 Å². The van der Waals surface area contributed by atoms with Gasteiger partial charge in [0.2, 0.25) is 0 Å². The topological polar surface area (TPSA) is 96.0 Å². The van der Waals surface area contributed by atoms with Gasteiger partial charge >= 0.3 is 0 Å². The molecule has 156 valence electrons. The highest BCUT2D eigenvalue weighted by atomic mass is 32.2. The van der Waals surface area contributed by atoms with Crippen molar-refractivity contribution in [1.82, 2.24) is 19.3 Å². The zero-order valence-electron chi connectivity index (χ0n) is 18.2. The van der Waals surface area contributed by atoms with Crippen molar-refractivity contribution >= 4 is 22.3 Å². The number of aromatic nitrogens is 3. The first-order valence-electron chi connectivity index (χ1n) is 9.54. The van der Waals surface area contributed by atoms with Crippen LogP contribution in [0.1, 0.15) is 56.4 Å². The SMILES string of the molecule is Cc1cc(C(C)N[S@+]([O-])C(C)(C)C)c2nc(-c3oc(C)nc3C)n(C)c(=O)c2c1. The molecule has 2 atom stereocenters. The number of hydrogen-bond acceptors (Lipinski definition) is 6. The predicted octanol–water partition coefficient (Wildman–Crippen LogP) is 3.63. The fraction of sp³-hybridized carbons (Fsp3) is 0.476. The Bertz CT molecular complexity index is 1130. The van der Waals surface area contributed by atoms with Crippen molar-refractivity contribution in [1.29, 1.82) is 0 Å². The van der Waals surface area contributed by atoms with Crippen molar-refractivity contribution in [3.63, 3.8) is 0 Å². The van der Waals surface area contributed by atoms with Gasteiger partial charge in [-0.2, -0.15) is 0 Å². The number of hydrogen-bond donors (Lipinski definition) is 1. The quantitative estimate of drug-likeness (QED) is 0.653. The van der Waals surface area contributed by atoms with Gasteiger partial charge in [0.25, 0.3) is 5.56 Å².